The van der Waals surface area contributed by atoms with E-state index in [1.165, 1.54) is 24.3 Å². The van der Waals surface area contributed by atoms with Crippen molar-refractivity contribution >= 4 is 21.6 Å². The summed E-state index contributed by atoms with van der Waals surface area (Å²) in [6.45, 7) is 0. The van der Waals surface area contributed by atoms with Crippen molar-refractivity contribution in [3.63, 3.8) is 0 Å². The first-order chi connectivity index (χ1) is 8.99. The Balaban J connectivity index is 2.44. The smallest absolute Gasteiger partial charge is 0.346 e. The van der Waals surface area contributed by atoms with Gasteiger partial charge in [-0.1, -0.05) is 22.0 Å². The van der Waals surface area contributed by atoms with E-state index in [-0.39, 0.29) is 11.5 Å². The van der Waals surface area contributed by atoms with E-state index in [1.807, 2.05) is 0 Å². The van der Waals surface area contributed by atoms with Gasteiger partial charge in [-0.25, -0.2) is 4.39 Å². The molecule has 0 heterocycles. The Morgan fingerprint density at radius 2 is 1.84 bits per heavy atom. The minimum atomic E-state index is -1.04. The molecule has 0 aliphatic heterocycles. The molecule has 0 aliphatic rings. The van der Waals surface area contributed by atoms with E-state index < -0.39 is 22.2 Å². The molecule has 2 aromatic carbocycles. The molecule has 0 atom stereocenters. The number of hydrogen-bond donors (Lipinski definition) is 0. The highest BCUT2D eigenvalue weighted by Crippen LogP contribution is 2.34. The molecule has 0 amide bonds. The number of nitrogens with zero attached hydrogens (tertiary/aromatic N) is 1. The van der Waals surface area contributed by atoms with Gasteiger partial charge >= 0.3 is 5.69 Å². The Bertz CT molecular complexity index is 649. The van der Waals surface area contributed by atoms with Gasteiger partial charge in [0, 0.05) is 4.47 Å². The second-order valence-corrected chi connectivity index (χ2v) is 4.44. The molecule has 4 nitrogen and oxygen atoms in total. The van der Waals surface area contributed by atoms with Crippen LogP contribution in [0.2, 0.25) is 0 Å². The number of ether oxygens (including phenoxy) is 1. The molecule has 2 aromatic rings. The van der Waals surface area contributed by atoms with Crippen LogP contribution < -0.4 is 4.74 Å². The highest BCUT2D eigenvalue weighted by Gasteiger charge is 2.22. The summed E-state index contributed by atoms with van der Waals surface area (Å²) in [7, 11) is 0. The molecule has 0 unspecified atom stereocenters. The number of nitro groups is 1. The Hall–Kier alpha value is -2.02. The van der Waals surface area contributed by atoms with E-state index in [9.17, 15) is 18.9 Å². The summed E-state index contributed by atoms with van der Waals surface area (Å²) in [5, 5.41) is 10.8. The molecule has 0 spiro atoms. The molecule has 0 saturated carbocycles. The summed E-state index contributed by atoms with van der Waals surface area (Å²) in [6.07, 6.45) is 0. The van der Waals surface area contributed by atoms with E-state index in [0.717, 1.165) is 12.1 Å². The van der Waals surface area contributed by atoms with Crippen molar-refractivity contribution in [2.45, 2.75) is 0 Å². The van der Waals surface area contributed by atoms with E-state index in [2.05, 4.69) is 15.9 Å². The van der Waals surface area contributed by atoms with E-state index in [1.54, 1.807) is 0 Å². The molecular formula is C12H6BrF2NO3. The molecule has 0 radical (unpaired) electrons. The molecule has 0 N–H and O–H groups in total. The maximum Gasteiger partial charge on any atom is 0.346 e. The zero-order valence-corrected chi connectivity index (χ0v) is 10.9. The number of para-hydroxylation sites is 1. The Labute approximate surface area is 114 Å². The van der Waals surface area contributed by atoms with Crippen molar-refractivity contribution in [1.82, 2.24) is 0 Å². The van der Waals surface area contributed by atoms with Gasteiger partial charge in [0.05, 0.1) is 4.92 Å². The minimum Gasteiger partial charge on any atom is -0.447 e. The lowest BCUT2D eigenvalue weighted by molar-refractivity contribution is -0.388. The number of halogens is 3. The number of nitro benzene ring substituents is 1. The first kappa shape index (κ1) is 13.4. The van der Waals surface area contributed by atoms with Gasteiger partial charge < -0.3 is 4.74 Å². The zero-order chi connectivity index (χ0) is 14.0. The Morgan fingerprint density at radius 1 is 1.11 bits per heavy atom. The van der Waals surface area contributed by atoms with Crippen LogP contribution in [-0.4, -0.2) is 4.92 Å². The van der Waals surface area contributed by atoms with Crippen LogP contribution in [0.25, 0.3) is 0 Å². The predicted molar refractivity (Wildman–Crippen MR) is 67.2 cm³/mol. The van der Waals surface area contributed by atoms with Gasteiger partial charge in [0.25, 0.3) is 0 Å². The fourth-order valence-electron chi connectivity index (χ4n) is 1.43. The van der Waals surface area contributed by atoms with Crippen molar-refractivity contribution in [1.29, 1.82) is 0 Å². The highest BCUT2D eigenvalue weighted by molar-refractivity contribution is 9.10. The van der Waals surface area contributed by atoms with E-state index in [0.29, 0.717) is 4.47 Å². The molecule has 2 rings (SSSR count). The van der Waals surface area contributed by atoms with Gasteiger partial charge in [0.1, 0.15) is 0 Å². The highest BCUT2D eigenvalue weighted by atomic mass is 79.9. The topological polar surface area (TPSA) is 52.4 Å². The van der Waals surface area contributed by atoms with Gasteiger partial charge in [-0.15, -0.1) is 0 Å². The monoisotopic (exact) mass is 329 g/mol. The summed E-state index contributed by atoms with van der Waals surface area (Å²) < 4.78 is 32.4. The van der Waals surface area contributed by atoms with Gasteiger partial charge in [0.15, 0.2) is 11.6 Å². The van der Waals surface area contributed by atoms with Crippen LogP contribution >= 0.6 is 15.9 Å². The summed E-state index contributed by atoms with van der Waals surface area (Å²) in [5.74, 6) is -2.34. The fraction of sp³-hybridized carbons (Fsp3) is 0. The standard InChI is InChI=1S/C12H6BrF2NO3/c13-7-4-5-10(9(15)6-7)19-11-3-1-2-8(14)12(11)16(17)18/h1-6H. The molecule has 7 heteroatoms. The third-order valence-electron chi connectivity index (χ3n) is 2.25. The maximum absolute atomic E-state index is 13.6. The minimum absolute atomic E-state index is 0.225. The lowest BCUT2D eigenvalue weighted by Crippen LogP contribution is -1.97. The lowest BCUT2D eigenvalue weighted by Gasteiger charge is -2.07. The number of benzene rings is 2. The second-order valence-electron chi connectivity index (χ2n) is 3.52. The van der Waals surface area contributed by atoms with Gasteiger partial charge in [-0.2, -0.15) is 4.39 Å². The van der Waals surface area contributed by atoms with Crippen LogP contribution in [0.4, 0.5) is 14.5 Å². The van der Waals surface area contributed by atoms with Crippen molar-refractivity contribution < 1.29 is 18.4 Å². The number of hydrogen-bond acceptors (Lipinski definition) is 3. The summed E-state index contributed by atoms with van der Waals surface area (Å²) in [4.78, 5) is 9.84. The molecule has 0 aliphatic carbocycles. The predicted octanol–water partition coefficient (Wildman–Crippen LogP) is 4.43. The third-order valence-corrected chi connectivity index (χ3v) is 2.74. The van der Waals surface area contributed by atoms with E-state index >= 15 is 0 Å². The van der Waals surface area contributed by atoms with Crippen molar-refractivity contribution in [2.24, 2.45) is 0 Å². The van der Waals surface area contributed by atoms with Crippen LogP contribution in [0.15, 0.2) is 40.9 Å². The summed E-state index contributed by atoms with van der Waals surface area (Å²) in [5.41, 5.74) is -0.829. The van der Waals surface area contributed by atoms with Crippen molar-refractivity contribution in [3.8, 4) is 11.5 Å². The average molecular weight is 330 g/mol. The zero-order valence-electron chi connectivity index (χ0n) is 9.27. The average Bonchev–Trinajstić information content (AvgIpc) is 2.32. The van der Waals surface area contributed by atoms with Crippen molar-refractivity contribution in [3.05, 3.63) is 62.6 Å². The first-order valence-corrected chi connectivity index (χ1v) is 5.84. The largest absolute Gasteiger partial charge is 0.447 e. The van der Waals surface area contributed by atoms with Gasteiger partial charge in [-0.3, -0.25) is 10.1 Å². The third kappa shape index (κ3) is 2.87. The normalized spacial score (nSPS) is 10.3. The molecule has 0 bridgehead atoms. The van der Waals surface area contributed by atoms with Crippen molar-refractivity contribution in [2.75, 3.05) is 0 Å². The van der Waals surface area contributed by atoms with Crippen LogP contribution in [0.5, 0.6) is 11.5 Å². The van der Waals surface area contributed by atoms with E-state index in [4.69, 9.17) is 4.74 Å². The van der Waals surface area contributed by atoms with Crippen LogP contribution in [0.1, 0.15) is 0 Å². The fourth-order valence-corrected chi connectivity index (χ4v) is 1.76. The van der Waals surface area contributed by atoms with Crippen LogP contribution in [0.3, 0.4) is 0 Å². The maximum atomic E-state index is 13.6. The molecule has 98 valence electrons. The molecule has 0 saturated heterocycles. The summed E-state index contributed by atoms with van der Waals surface area (Å²) >= 11 is 3.07. The molecule has 0 fully saturated rings. The molecule has 0 aromatic heterocycles. The summed E-state index contributed by atoms with van der Waals surface area (Å²) in [6, 6.07) is 7.30. The number of rotatable bonds is 3. The first-order valence-electron chi connectivity index (χ1n) is 5.05. The van der Waals surface area contributed by atoms with Gasteiger partial charge in [0.2, 0.25) is 11.6 Å². The second kappa shape index (κ2) is 5.31. The quantitative estimate of drug-likeness (QED) is 0.618. The molecular weight excluding hydrogens is 324 g/mol. The SMILES string of the molecule is O=[N+]([O-])c1c(F)cccc1Oc1ccc(Br)cc1F. The van der Waals surface area contributed by atoms with Crippen LogP contribution in [0, 0.1) is 21.7 Å². The Morgan fingerprint density at radius 3 is 2.47 bits per heavy atom. The Kier molecular flexibility index (Phi) is 3.75. The van der Waals surface area contributed by atoms with Crippen LogP contribution in [-0.2, 0) is 0 Å². The molecule has 19 heavy (non-hydrogen) atoms. The van der Waals surface area contributed by atoms with Gasteiger partial charge in [-0.05, 0) is 30.3 Å². The lowest BCUT2D eigenvalue weighted by atomic mass is 10.2.